The fraction of sp³-hybridized carbons (Fsp3) is 0.600. The highest BCUT2D eigenvalue weighted by Gasteiger charge is 2.26. The largest absolute Gasteiger partial charge is 0.497 e. The predicted octanol–water partition coefficient (Wildman–Crippen LogP) is 2.29. The van der Waals surface area contributed by atoms with Gasteiger partial charge in [-0.1, -0.05) is 19.9 Å². The standard InChI is InChI=1S/C15H23NO2/c1-10(2)15(9-17)16-14-7-5-11-4-6-12(18-3)8-13(11)14/h4,6,8,10,14-17H,5,7,9H2,1-3H3. The van der Waals surface area contributed by atoms with E-state index >= 15 is 0 Å². The Morgan fingerprint density at radius 1 is 1.44 bits per heavy atom. The van der Waals surface area contributed by atoms with Crippen molar-refractivity contribution in [3.63, 3.8) is 0 Å². The van der Waals surface area contributed by atoms with Gasteiger partial charge in [-0.05, 0) is 42.0 Å². The Morgan fingerprint density at radius 3 is 2.83 bits per heavy atom. The van der Waals surface area contributed by atoms with Crippen LogP contribution in [-0.4, -0.2) is 24.9 Å². The third kappa shape index (κ3) is 2.68. The van der Waals surface area contributed by atoms with Gasteiger partial charge < -0.3 is 15.2 Å². The molecule has 3 nitrogen and oxygen atoms in total. The van der Waals surface area contributed by atoms with Gasteiger partial charge in [-0.3, -0.25) is 0 Å². The zero-order valence-electron chi connectivity index (χ0n) is 11.4. The highest BCUT2D eigenvalue weighted by Crippen LogP contribution is 2.34. The van der Waals surface area contributed by atoms with Gasteiger partial charge in [0.2, 0.25) is 0 Å². The molecule has 1 aliphatic rings. The second kappa shape index (κ2) is 5.72. The number of benzene rings is 1. The number of fused-ring (bicyclic) bond motifs is 1. The van der Waals surface area contributed by atoms with Gasteiger partial charge in [0.1, 0.15) is 5.75 Å². The molecule has 18 heavy (non-hydrogen) atoms. The number of aryl methyl sites for hydroxylation is 1. The Bertz CT molecular complexity index is 403. The summed E-state index contributed by atoms with van der Waals surface area (Å²) in [5.74, 6) is 1.34. The summed E-state index contributed by atoms with van der Waals surface area (Å²) in [5.41, 5.74) is 2.72. The van der Waals surface area contributed by atoms with Crippen LogP contribution in [0.2, 0.25) is 0 Å². The third-order valence-electron chi connectivity index (χ3n) is 3.85. The lowest BCUT2D eigenvalue weighted by molar-refractivity contribution is 0.199. The molecular weight excluding hydrogens is 226 g/mol. The molecule has 2 rings (SSSR count). The van der Waals surface area contributed by atoms with Gasteiger partial charge >= 0.3 is 0 Å². The van der Waals surface area contributed by atoms with E-state index in [1.165, 1.54) is 11.1 Å². The average molecular weight is 249 g/mol. The monoisotopic (exact) mass is 249 g/mol. The zero-order chi connectivity index (χ0) is 13.1. The van der Waals surface area contributed by atoms with Crippen molar-refractivity contribution >= 4 is 0 Å². The first-order valence-electron chi connectivity index (χ1n) is 6.69. The highest BCUT2D eigenvalue weighted by atomic mass is 16.5. The zero-order valence-corrected chi connectivity index (χ0v) is 11.4. The Morgan fingerprint density at radius 2 is 2.22 bits per heavy atom. The van der Waals surface area contributed by atoms with Crippen LogP contribution in [0.1, 0.15) is 37.4 Å². The molecular formula is C15H23NO2. The van der Waals surface area contributed by atoms with Gasteiger partial charge in [-0.2, -0.15) is 0 Å². The van der Waals surface area contributed by atoms with Crippen LogP contribution in [0.3, 0.4) is 0 Å². The SMILES string of the molecule is COc1ccc2c(c1)C(NC(CO)C(C)C)CC2. The molecule has 100 valence electrons. The second-order valence-electron chi connectivity index (χ2n) is 5.36. The molecule has 0 aromatic heterocycles. The first-order valence-corrected chi connectivity index (χ1v) is 6.69. The quantitative estimate of drug-likeness (QED) is 0.841. The lowest BCUT2D eigenvalue weighted by atomic mass is 10.0. The van der Waals surface area contributed by atoms with Crippen molar-refractivity contribution in [3.05, 3.63) is 29.3 Å². The molecule has 0 radical (unpaired) electrons. The molecule has 1 aliphatic carbocycles. The molecule has 2 atom stereocenters. The topological polar surface area (TPSA) is 41.5 Å². The van der Waals surface area contributed by atoms with Crippen LogP contribution in [-0.2, 0) is 6.42 Å². The second-order valence-corrected chi connectivity index (χ2v) is 5.36. The minimum atomic E-state index is 0.159. The third-order valence-corrected chi connectivity index (χ3v) is 3.85. The molecule has 0 fully saturated rings. The van der Waals surface area contributed by atoms with Crippen LogP contribution in [0, 0.1) is 5.92 Å². The van der Waals surface area contributed by atoms with E-state index in [2.05, 4.69) is 31.3 Å². The Hall–Kier alpha value is -1.06. The number of methoxy groups -OCH3 is 1. The highest BCUT2D eigenvalue weighted by molar-refractivity contribution is 5.40. The van der Waals surface area contributed by atoms with Crippen molar-refractivity contribution in [2.45, 2.75) is 38.8 Å². The van der Waals surface area contributed by atoms with Gasteiger partial charge in [0.15, 0.2) is 0 Å². The average Bonchev–Trinajstić information content (AvgIpc) is 2.77. The van der Waals surface area contributed by atoms with E-state index in [9.17, 15) is 5.11 Å². The molecule has 0 heterocycles. The van der Waals surface area contributed by atoms with Crippen molar-refractivity contribution in [1.82, 2.24) is 5.32 Å². The molecule has 0 aliphatic heterocycles. The minimum absolute atomic E-state index is 0.159. The molecule has 0 saturated carbocycles. The smallest absolute Gasteiger partial charge is 0.119 e. The van der Waals surface area contributed by atoms with Crippen molar-refractivity contribution in [2.24, 2.45) is 5.92 Å². The lowest BCUT2D eigenvalue weighted by Gasteiger charge is -2.25. The van der Waals surface area contributed by atoms with Crippen LogP contribution in [0.5, 0.6) is 5.75 Å². The number of nitrogens with one attached hydrogen (secondary N) is 1. The number of rotatable bonds is 5. The van der Waals surface area contributed by atoms with Crippen molar-refractivity contribution in [1.29, 1.82) is 0 Å². The molecule has 1 aromatic carbocycles. The molecule has 2 N–H and O–H groups in total. The number of ether oxygens (including phenoxy) is 1. The van der Waals surface area contributed by atoms with Gasteiger partial charge in [0.25, 0.3) is 0 Å². The summed E-state index contributed by atoms with van der Waals surface area (Å²) in [6.45, 7) is 4.46. The molecule has 1 aromatic rings. The molecule has 0 spiro atoms. The summed E-state index contributed by atoms with van der Waals surface area (Å²) in [4.78, 5) is 0. The van der Waals surface area contributed by atoms with Gasteiger partial charge in [0.05, 0.1) is 13.7 Å². The van der Waals surface area contributed by atoms with Gasteiger partial charge in [-0.15, -0.1) is 0 Å². The minimum Gasteiger partial charge on any atom is -0.497 e. The Labute approximate surface area is 109 Å². The summed E-state index contributed by atoms with van der Waals surface area (Å²) in [6, 6.07) is 6.79. The summed E-state index contributed by atoms with van der Waals surface area (Å²) in [7, 11) is 1.70. The molecule has 2 unspecified atom stereocenters. The summed E-state index contributed by atoms with van der Waals surface area (Å²) >= 11 is 0. The van der Waals surface area contributed by atoms with E-state index < -0.39 is 0 Å². The van der Waals surface area contributed by atoms with E-state index in [0.29, 0.717) is 12.0 Å². The van der Waals surface area contributed by atoms with E-state index in [1.54, 1.807) is 7.11 Å². The summed E-state index contributed by atoms with van der Waals surface area (Å²) < 4.78 is 5.29. The maximum absolute atomic E-state index is 9.42. The van der Waals surface area contributed by atoms with Gasteiger partial charge in [0, 0.05) is 12.1 Å². The van der Waals surface area contributed by atoms with Crippen molar-refractivity contribution < 1.29 is 9.84 Å². The first kappa shape index (κ1) is 13.4. The summed E-state index contributed by atoms with van der Waals surface area (Å²) in [5, 5.41) is 13.0. The van der Waals surface area contributed by atoms with E-state index in [-0.39, 0.29) is 12.6 Å². The van der Waals surface area contributed by atoms with E-state index in [1.807, 2.05) is 6.07 Å². The maximum Gasteiger partial charge on any atom is 0.119 e. The van der Waals surface area contributed by atoms with E-state index in [0.717, 1.165) is 18.6 Å². The maximum atomic E-state index is 9.42. The first-order chi connectivity index (χ1) is 8.65. The summed E-state index contributed by atoms with van der Waals surface area (Å²) in [6.07, 6.45) is 2.21. The number of hydrogen-bond acceptors (Lipinski definition) is 3. The van der Waals surface area contributed by atoms with Crippen LogP contribution in [0.25, 0.3) is 0 Å². The Balaban J connectivity index is 2.15. The molecule has 0 amide bonds. The number of hydrogen-bond donors (Lipinski definition) is 2. The normalized spacial score (nSPS) is 19.9. The van der Waals surface area contributed by atoms with Crippen molar-refractivity contribution in [2.75, 3.05) is 13.7 Å². The molecule has 0 bridgehead atoms. The van der Waals surface area contributed by atoms with Crippen LogP contribution in [0.4, 0.5) is 0 Å². The van der Waals surface area contributed by atoms with Crippen LogP contribution >= 0.6 is 0 Å². The molecule has 3 heteroatoms. The van der Waals surface area contributed by atoms with Gasteiger partial charge in [-0.25, -0.2) is 0 Å². The van der Waals surface area contributed by atoms with E-state index in [4.69, 9.17) is 4.74 Å². The lowest BCUT2D eigenvalue weighted by Crippen LogP contribution is -2.38. The Kier molecular flexibility index (Phi) is 4.25. The predicted molar refractivity (Wildman–Crippen MR) is 72.9 cm³/mol. The van der Waals surface area contributed by atoms with Crippen LogP contribution in [0.15, 0.2) is 18.2 Å². The van der Waals surface area contributed by atoms with Crippen LogP contribution < -0.4 is 10.1 Å². The number of aliphatic hydroxyl groups excluding tert-OH is 1. The van der Waals surface area contributed by atoms with Crippen molar-refractivity contribution in [3.8, 4) is 5.75 Å². The fourth-order valence-electron chi connectivity index (χ4n) is 2.59. The number of aliphatic hydroxyl groups is 1. The fourth-order valence-corrected chi connectivity index (χ4v) is 2.59. The molecule has 0 saturated heterocycles.